The molecule has 2 aromatic carbocycles. The molecule has 0 aliphatic heterocycles. The van der Waals surface area contributed by atoms with Crippen LogP contribution in [-0.2, 0) is 4.79 Å². The molecule has 2 aromatic rings. The second-order valence-corrected chi connectivity index (χ2v) is 5.39. The second kappa shape index (κ2) is 8.58. The molecule has 0 spiro atoms. The van der Waals surface area contributed by atoms with Crippen LogP contribution in [0.4, 0.5) is 11.4 Å². The van der Waals surface area contributed by atoms with Crippen molar-refractivity contribution in [1.82, 2.24) is 5.32 Å². The number of ether oxygens (including phenoxy) is 1. The molecule has 0 unspecified atom stereocenters. The van der Waals surface area contributed by atoms with Crippen molar-refractivity contribution in [2.45, 2.75) is 0 Å². The molecule has 0 aliphatic carbocycles. The molecule has 2 rings (SSSR count). The highest BCUT2D eigenvalue weighted by Crippen LogP contribution is 2.27. The maximum atomic E-state index is 11.9. The molecule has 8 nitrogen and oxygen atoms in total. The van der Waals surface area contributed by atoms with Gasteiger partial charge < -0.3 is 15.2 Å². The third-order valence-corrected chi connectivity index (χ3v) is 3.43. The maximum Gasteiger partial charge on any atom is 0.271 e. The Bertz CT molecular complexity index is 882. The Kier molecular flexibility index (Phi) is 6.23. The summed E-state index contributed by atoms with van der Waals surface area (Å²) in [5, 5.41) is 25.3. The van der Waals surface area contributed by atoms with E-state index in [0.29, 0.717) is 11.3 Å². The minimum absolute atomic E-state index is 0.0122. The number of carbonyl (C=O) groups excluding carboxylic acids is 1. The number of nitro benzene ring substituents is 1. The van der Waals surface area contributed by atoms with Gasteiger partial charge in [-0.2, -0.15) is 0 Å². The zero-order chi connectivity index (χ0) is 19.1. The van der Waals surface area contributed by atoms with Gasteiger partial charge in [-0.3, -0.25) is 20.2 Å². The SMILES string of the molecule is COc1ccccc1C=CC(=O)NC(=S)Nc1cc([N+](=O)[O-])ccc1O. The average Bonchev–Trinajstić information content (AvgIpc) is 2.61. The van der Waals surface area contributed by atoms with Crippen molar-refractivity contribution in [3.63, 3.8) is 0 Å². The van der Waals surface area contributed by atoms with Crippen molar-refractivity contribution in [3.05, 3.63) is 64.2 Å². The highest BCUT2D eigenvalue weighted by Gasteiger charge is 2.12. The maximum absolute atomic E-state index is 11.9. The van der Waals surface area contributed by atoms with Crippen molar-refractivity contribution < 1.29 is 19.6 Å². The number of benzene rings is 2. The average molecular weight is 373 g/mol. The third-order valence-electron chi connectivity index (χ3n) is 3.23. The zero-order valence-electron chi connectivity index (χ0n) is 13.6. The Labute approximate surface area is 154 Å². The summed E-state index contributed by atoms with van der Waals surface area (Å²) in [4.78, 5) is 22.1. The van der Waals surface area contributed by atoms with Crippen LogP contribution in [0.15, 0.2) is 48.5 Å². The van der Waals surface area contributed by atoms with Gasteiger partial charge in [0.15, 0.2) is 5.11 Å². The van der Waals surface area contributed by atoms with E-state index in [4.69, 9.17) is 17.0 Å². The molecule has 0 bridgehead atoms. The fourth-order valence-electron chi connectivity index (χ4n) is 2.01. The van der Waals surface area contributed by atoms with E-state index in [1.54, 1.807) is 30.3 Å². The lowest BCUT2D eigenvalue weighted by Gasteiger charge is -2.09. The van der Waals surface area contributed by atoms with E-state index < -0.39 is 10.8 Å². The summed E-state index contributed by atoms with van der Waals surface area (Å²) in [5.41, 5.74) is 0.494. The number of carbonyl (C=O) groups is 1. The highest BCUT2D eigenvalue weighted by molar-refractivity contribution is 7.80. The summed E-state index contributed by atoms with van der Waals surface area (Å²) < 4.78 is 5.18. The molecule has 26 heavy (non-hydrogen) atoms. The van der Waals surface area contributed by atoms with Gasteiger partial charge in [0.25, 0.3) is 5.69 Å². The Morgan fingerprint density at radius 1 is 1.31 bits per heavy atom. The first-order valence-electron chi connectivity index (χ1n) is 7.31. The van der Waals surface area contributed by atoms with Gasteiger partial charge in [0.1, 0.15) is 11.5 Å². The second-order valence-electron chi connectivity index (χ2n) is 4.98. The smallest absolute Gasteiger partial charge is 0.271 e. The number of methoxy groups -OCH3 is 1. The van der Waals surface area contributed by atoms with Crippen molar-refractivity contribution >= 4 is 40.7 Å². The molecule has 0 heterocycles. The van der Waals surface area contributed by atoms with Gasteiger partial charge in [-0.15, -0.1) is 0 Å². The van der Waals surface area contributed by atoms with E-state index in [9.17, 15) is 20.0 Å². The number of hydrogen-bond acceptors (Lipinski definition) is 6. The predicted octanol–water partition coefficient (Wildman–Crippen LogP) is 2.84. The zero-order valence-corrected chi connectivity index (χ0v) is 14.4. The van der Waals surface area contributed by atoms with Crippen LogP contribution in [0.1, 0.15) is 5.56 Å². The van der Waals surface area contributed by atoms with Crippen LogP contribution in [-0.4, -0.2) is 28.2 Å². The molecule has 0 atom stereocenters. The van der Waals surface area contributed by atoms with Gasteiger partial charge in [0.2, 0.25) is 5.91 Å². The first-order chi connectivity index (χ1) is 12.4. The van der Waals surface area contributed by atoms with Gasteiger partial charge in [-0.25, -0.2) is 0 Å². The molecular weight excluding hydrogens is 358 g/mol. The van der Waals surface area contributed by atoms with E-state index in [1.165, 1.54) is 13.2 Å². The fraction of sp³-hybridized carbons (Fsp3) is 0.0588. The molecule has 0 aliphatic rings. The van der Waals surface area contributed by atoms with Gasteiger partial charge >= 0.3 is 0 Å². The topological polar surface area (TPSA) is 114 Å². The third kappa shape index (κ3) is 5.02. The summed E-state index contributed by atoms with van der Waals surface area (Å²) in [5.74, 6) is -0.145. The van der Waals surface area contributed by atoms with Crippen molar-refractivity contribution in [2.24, 2.45) is 0 Å². The lowest BCUT2D eigenvalue weighted by Crippen LogP contribution is -2.32. The molecule has 0 saturated heterocycles. The normalized spacial score (nSPS) is 10.3. The summed E-state index contributed by atoms with van der Waals surface area (Å²) in [6.07, 6.45) is 2.82. The standard InChI is InChI=1S/C17H15N3O5S/c1-25-15-5-3-2-4-11(15)6-9-16(22)19-17(26)18-13-10-12(20(23)24)7-8-14(13)21/h2-10,21H,1H3,(H2,18,19,22,26). The number of nitrogens with zero attached hydrogens (tertiary/aromatic N) is 1. The molecule has 1 amide bonds. The van der Waals surface area contributed by atoms with Crippen LogP contribution < -0.4 is 15.4 Å². The van der Waals surface area contributed by atoms with E-state index in [2.05, 4.69) is 10.6 Å². The molecule has 3 N–H and O–H groups in total. The minimum atomic E-state index is -0.609. The number of thiocarbonyl (C=S) groups is 1. The molecule has 0 saturated carbocycles. The molecule has 0 aromatic heterocycles. The van der Waals surface area contributed by atoms with Crippen molar-refractivity contribution in [3.8, 4) is 11.5 Å². The summed E-state index contributed by atoms with van der Waals surface area (Å²) in [6.45, 7) is 0. The number of aromatic hydroxyl groups is 1. The largest absolute Gasteiger partial charge is 0.506 e. The van der Waals surface area contributed by atoms with Crippen LogP contribution >= 0.6 is 12.2 Å². The number of non-ortho nitro benzene ring substituents is 1. The Morgan fingerprint density at radius 3 is 2.73 bits per heavy atom. The Balaban J connectivity index is 2.01. The molecule has 0 fully saturated rings. The summed E-state index contributed by atoms with van der Waals surface area (Å²) in [7, 11) is 1.53. The number of rotatable bonds is 5. The lowest BCUT2D eigenvalue weighted by molar-refractivity contribution is -0.384. The van der Waals surface area contributed by atoms with E-state index in [-0.39, 0.29) is 22.2 Å². The van der Waals surface area contributed by atoms with Crippen LogP contribution in [0.25, 0.3) is 6.08 Å². The first kappa shape index (κ1) is 18.9. The number of anilines is 1. The van der Waals surface area contributed by atoms with Gasteiger partial charge in [-0.05, 0) is 30.4 Å². The van der Waals surface area contributed by atoms with Crippen LogP contribution in [0.2, 0.25) is 0 Å². The number of nitro groups is 1. The number of hydrogen-bond donors (Lipinski definition) is 3. The summed E-state index contributed by atoms with van der Waals surface area (Å²) >= 11 is 4.98. The number of phenols is 1. The van der Waals surface area contributed by atoms with E-state index in [0.717, 1.165) is 18.2 Å². The molecule has 134 valence electrons. The monoisotopic (exact) mass is 373 g/mol. The Hall–Kier alpha value is -3.46. The van der Waals surface area contributed by atoms with Gasteiger partial charge in [0, 0.05) is 23.8 Å². The van der Waals surface area contributed by atoms with Crippen LogP contribution in [0.5, 0.6) is 11.5 Å². The lowest BCUT2D eigenvalue weighted by atomic mass is 10.2. The minimum Gasteiger partial charge on any atom is -0.506 e. The van der Waals surface area contributed by atoms with E-state index >= 15 is 0 Å². The molecule has 0 radical (unpaired) electrons. The highest BCUT2D eigenvalue weighted by atomic mass is 32.1. The van der Waals surface area contributed by atoms with Gasteiger partial charge in [0.05, 0.1) is 17.7 Å². The number of amides is 1. The van der Waals surface area contributed by atoms with Gasteiger partial charge in [-0.1, -0.05) is 18.2 Å². The number of para-hydroxylation sites is 1. The fourth-order valence-corrected chi connectivity index (χ4v) is 2.22. The Morgan fingerprint density at radius 2 is 2.04 bits per heavy atom. The predicted molar refractivity (Wildman–Crippen MR) is 101 cm³/mol. The summed E-state index contributed by atoms with van der Waals surface area (Å²) in [6, 6.07) is 10.6. The van der Waals surface area contributed by atoms with Crippen molar-refractivity contribution in [2.75, 3.05) is 12.4 Å². The molecule has 9 heteroatoms. The quantitative estimate of drug-likeness (QED) is 0.243. The van der Waals surface area contributed by atoms with E-state index in [1.807, 2.05) is 0 Å². The first-order valence-corrected chi connectivity index (χ1v) is 7.72. The number of phenolic OH excluding ortho intramolecular Hbond substituents is 1. The van der Waals surface area contributed by atoms with Crippen LogP contribution in [0, 0.1) is 10.1 Å². The van der Waals surface area contributed by atoms with Crippen molar-refractivity contribution in [1.29, 1.82) is 0 Å². The molecular formula is C17H15N3O5S. The number of nitrogens with one attached hydrogen (secondary N) is 2. The van der Waals surface area contributed by atoms with Crippen LogP contribution in [0.3, 0.4) is 0 Å².